The quantitative estimate of drug-likeness (QED) is 0.501. The van der Waals surface area contributed by atoms with E-state index in [1.807, 2.05) is 38.1 Å². The number of rotatable bonds is 11. The van der Waals surface area contributed by atoms with Crippen LogP contribution >= 0.6 is 0 Å². The van der Waals surface area contributed by atoms with Gasteiger partial charge in [0.25, 0.3) is 0 Å². The van der Waals surface area contributed by atoms with Crippen molar-refractivity contribution in [2.24, 2.45) is 5.92 Å². The maximum absolute atomic E-state index is 6.02. The molecule has 2 aliphatic rings. The van der Waals surface area contributed by atoms with Crippen LogP contribution in [0.5, 0.6) is 11.5 Å². The first kappa shape index (κ1) is 24.1. The zero-order valence-electron chi connectivity index (χ0n) is 19.6. The lowest BCUT2D eigenvalue weighted by atomic mass is 10.1. The van der Waals surface area contributed by atoms with Crippen LogP contribution in [-0.4, -0.2) is 68.0 Å². The molecule has 0 saturated carbocycles. The number of methoxy groups -OCH3 is 1. The number of ether oxygens (including phenoxy) is 3. The largest absolute Gasteiger partial charge is 0.493 e. The first-order valence-corrected chi connectivity index (χ1v) is 11.7. The van der Waals surface area contributed by atoms with Gasteiger partial charge in [-0.15, -0.1) is 0 Å². The van der Waals surface area contributed by atoms with E-state index in [4.69, 9.17) is 14.2 Å². The fourth-order valence-electron chi connectivity index (χ4n) is 3.64. The fourth-order valence-corrected chi connectivity index (χ4v) is 3.64. The molecule has 0 radical (unpaired) electrons. The fraction of sp³-hybridized carbons (Fsp3) is 0.583. The van der Waals surface area contributed by atoms with Crippen molar-refractivity contribution in [1.29, 1.82) is 0 Å². The summed E-state index contributed by atoms with van der Waals surface area (Å²) in [6.45, 7) is 10.7. The molecular formula is C24H37N5O3. The van der Waals surface area contributed by atoms with E-state index < -0.39 is 0 Å². The number of hydrogen-bond acceptors (Lipinski definition) is 8. The number of likely N-dealkylation sites (tertiary alicyclic amines) is 1. The van der Waals surface area contributed by atoms with Crippen LogP contribution in [0.4, 0.5) is 17.5 Å². The second-order valence-electron chi connectivity index (χ2n) is 7.79. The summed E-state index contributed by atoms with van der Waals surface area (Å²) in [7, 11) is 1.66. The standard InChI is InChI=1S/C22H31N5O3.C2H6/c1-28-19-6-5-18(13-20(19)30-12-4-11-27-9-2-3-10-27)25-22-23-8-7-21(26-22)24-14-17-15-29-16-17;1-2/h5-8,13,17H,2-4,9-12,14-16H2,1H3,(H2,23,24,25,26);1-2H3. The summed E-state index contributed by atoms with van der Waals surface area (Å²) >= 11 is 0. The number of hydrogen-bond donors (Lipinski definition) is 2. The van der Waals surface area contributed by atoms with Crippen molar-refractivity contribution < 1.29 is 14.2 Å². The molecule has 0 bridgehead atoms. The third-order valence-electron chi connectivity index (χ3n) is 5.43. The predicted molar refractivity (Wildman–Crippen MR) is 128 cm³/mol. The Morgan fingerprint density at radius 3 is 2.66 bits per heavy atom. The highest BCUT2D eigenvalue weighted by atomic mass is 16.5. The summed E-state index contributed by atoms with van der Waals surface area (Å²) in [6.07, 6.45) is 5.38. The highest BCUT2D eigenvalue weighted by molar-refractivity contribution is 5.60. The molecule has 0 aliphatic carbocycles. The normalized spacial score (nSPS) is 16.0. The highest BCUT2D eigenvalue weighted by Gasteiger charge is 2.18. The Bertz CT molecular complexity index is 810. The number of aromatic nitrogens is 2. The van der Waals surface area contributed by atoms with Gasteiger partial charge in [0, 0.05) is 37.0 Å². The lowest BCUT2D eigenvalue weighted by molar-refractivity contribution is -0.0248. The van der Waals surface area contributed by atoms with Crippen LogP contribution in [0.3, 0.4) is 0 Å². The van der Waals surface area contributed by atoms with Gasteiger partial charge in [0.1, 0.15) is 5.82 Å². The first-order chi connectivity index (χ1) is 15.8. The highest BCUT2D eigenvalue weighted by Crippen LogP contribution is 2.31. The molecule has 2 saturated heterocycles. The van der Waals surface area contributed by atoms with Gasteiger partial charge < -0.3 is 29.7 Å². The molecule has 3 heterocycles. The van der Waals surface area contributed by atoms with Crippen LogP contribution < -0.4 is 20.1 Å². The molecule has 1 aromatic carbocycles. The monoisotopic (exact) mass is 443 g/mol. The second-order valence-corrected chi connectivity index (χ2v) is 7.79. The molecule has 0 spiro atoms. The summed E-state index contributed by atoms with van der Waals surface area (Å²) in [5, 5.41) is 6.60. The van der Waals surface area contributed by atoms with Gasteiger partial charge in [0.2, 0.25) is 5.95 Å². The number of anilines is 3. The van der Waals surface area contributed by atoms with Crippen molar-refractivity contribution >= 4 is 17.5 Å². The van der Waals surface area contributed by atoms with Crippen LogP contribution in [-0.2, 0) is 4.74 Å². The minimum Gasteiger partial charge on any atom is -0.493 e. The van der Waals surface area contributed by atoms with E-state index in [0.29, 0.717) is 18.5 Å². The van der Waals surface area contributed by atoms with E-state index in [9.17, 15) is 0 Å². The summed E-state index contributed by atoms with van der Waals surface area (Å²) in [5.41, 5.74) is 0.856. The first-order valence-electron chi connectivity index (χ1n) is 11.7. The summed E-state index contributed by atoms with van der Waals surface area (Å²) in [4.78, 5) is 11.4. The minimum atomic E-state index is 0.537. The summed E-state index contributed by atoms with van der Waals surface area (Å²) < 4.78 is 16.7. The van der Waals surface area contributed by atoms with E-state index in [0.717, 1.165) is 55.7 Å². The van der Waals surface area contributed by atoms with Crippen molar-refractivity contribution in [2.75, 3.05) is 63.7 Å². The topological polar surface area (TPSA) is 80.8 Å². The van der Waals surface area contributed by atoms with E-state index >= 15 is 0 Å². The van der Waals surface area contributed by atoms with Gasteiger partial charge in [-0.3, -0.25) is 0 Å². The van der Waals surface area contributed by atoms with Crippen LogP contribution in [0.15, 0.2) is 30.5 Å². The molecule has 8 nitrogen and oxygen atoms in total. The van der Waals surface area contributed by atoms with E-state index in [-0.39, 0.29) is 0 Å². The van der Waals surface area contributed by atoms with Crippen LogP contribution in [0.1, 0.15) is 33.1 Å². The van der Waals surface area contributed by atoms with Gasteiger partial charge in [-0.25, -0.2) is 4.98 Å². The van der Waals surface area contributed by atoms with Crippen LogP contribution in [0.2, 0.25) is 0 Å². The van der Waals surface area contributed by atoms with E-state index in [2.05, 4.69) is 25.5 Å². The van der Waals surface area contributed by atoms with Gasteiger partial charge in [0.15, 0.2) is 11.5 Å². The van der Waals surface area contributed by atoms with Crippen molar-refractivity contribution in [3.63, 3.8) is 0 Å². The van der Waals surface area contributed by atoms with Crippen molar-refractivity contribution in [1.82, 2.24) is 14.9 Å². The molecule has 32 heavy (non-hydrogen) atoms. The molecule has 1 aromatic heterocycles. The smallest absolute Gasteiger partial charge is 0.229 e. The average molecular weight is 444 g/mol. The van der Waals surface area contributed by atoms with Crippen LogP contribution in [0, 0.1) is 5.92 Å². The number of benzene rings is 1. The van der Waals surface area contributed by atoms with Gasteiger partial charge >= 0.3 is 0 Å². The molecule has 176 valence electrons. The molecule has 2 aromatic rings. The van der Waals surface area contributed by atoms with Gasteiger partial charge in [0.05, 0.1) is 26.9 Å². The van der Waals surface area contributed by atoms with Gasteiger partial charge in [-0.1, -0.05) is 13.8 Å². The van der Waals surface area contributed by atoms with Gasteiger partial charge in [-0.05, 0) is 50.6 Å². The second kappa shape index (κ2) is 13.1. The molecule has 0 atom stereocenters. The van der Waals surface area contributed by atoms with E-state index in [1.165, 1.54) is 25.9 Å². The summed E-state index contributed by atoms with van der Waals surface area (Å²) in [6, 6.07) is 7.64. The number of nitrogens with one attached hydrogen (secondary N) is 2. The Balaban J connectivity index is 0.00000141. The average Bonchev–Trinajstić information content (AvgIpc) is 3.31. The SMILES string of the molecule is CC.COc1ccc(Nc2nccc(NCC3COC3)n2)cc1OCCCN1CCCC1. The Morgan fingerprint density at radius 2 is 1.94 bits per heavy atom. The Kier molecular flexibility index (Phi) is 9.84. The van der Waals surface area contributed by atoms with E-state index in [1.54, 1.807) is 13.3 Å². The molecule has 2 fully saturated rings. The zero-order chi connectivity index (χ0) is 22.6. The minimum absolute atomic E-state index is 0.537. The Hall–Kier alpha value is -2.58. The Morgan fingerprint density at radius 1 is 1.12 bits per heavy atom. The van der Waals surface area contributed by atoms with Crippen molar-refractivity contribution in [3.8, 4) is 11.5 Å². The zero-order valence-corrected chi connectivity index (χ0v) is 19.6. The predicted octanol–water partition coefficient (Wildman–Crippen LogP) is 4.18. The van der Waals surface area contributed by atoms with Crippen molar-refractivity contribution in [3.05, 3.63) is 30.5 Å². The molecule has 4 rings (SSSR count). The summed E-state index contributed by atoms with van der Waals surface area (Å²) in [5.74, 6) is 3.34. The van der Waals surface area contributed by atoms with Gasteiger partial charge in [-0.2, -0.15) is 4.98 Å². The molecule has 2 N–H and O–H groups in total. The molecule has 8 heteroatoms. The Labute approximate surface area is 191 Å². The molecule has 0 amide bonds. The third-order valence-corrected chi connectivity index (χ3v) is 5.43. The van der Waals surface area contributed by atoms with Crippen molar-refractivity contribution in [2.45, 2.75) is 33.1 Å². The lowest BCUT2D eigenvalue weighted by Gasteiger charge is -2.26. The van der Waals surface area contributed by atoms with Crippen LogP contribution in [0.25, 0.3) is 0 Å². The number of nitrogens with zero attached hydrogens (tertiary/aromatic N) is 3. The molecule has 2 aliphatic heterocycles. The maximum Gasteiger partial charge on any atom is 0.229 e. The molecular weight excluding hydrogens is 406 g/mol. The maximum atomic E-state index is 6.02. The third kappa shape index (κ3) is 7.24. The lowest BCUT2D eigenvalue weighted by Crippen LogP contribution is -2.33. The molecule has 0 unspecified atom stereocenters.